The molecule has 0 aromatic heterocycles. The second-order valence-electron chi connectivity index (χ2n) is 9.22. The van der Waals surface area contributed by atoms with Gasteiger partial charge in [0.15, 0.2) is 0 Å². The molecule has 0 bridgehead atoms. The van der Waals surface area contributed by atoms with Gasteiger partial charge in [0.25, 0.3) is 0 Å². The summed E-state index contributed by atoms with van der Waals surface area (Å²) >= 11 is 2.68. The molecule has 1 aliphatic heterocycles. The molecule has 1 fully saturated rings. The Kier molecular flexibility index (Phi) is 7.46. The van der Waals surface area contributed by atoms with Crippen molar-refractivity contribution in [1.82, 2.24) is 0 Å². The summed E-state index contributed by atoms with van der Waals surface area (Å²) in [6.45, 7) is 7.94. The molecule has 2 atom stereocenters. The summed E-state index contributed by atoms with van der Waals surface area (Å²) in [6, 6.07) is 33.1. The van der Waals surface area contributed by atoms with E-state index in [1.807, 2.05) is 0 Å². The average Bonchev–Trinajstić information content (AvgIpc) is 3.23. The molecule has 0 spiro atoms. The summed E-state index contributed by atoms with van der Waals surface area (Å²) in [4.78, 5) is 0.813. The van der Waals surface area contributed by atoms with Gasteiger partial charge < -0.3 is 0 Å². The van der Waals surface area contributed by atoms with Crippen LogP contribution in [0, 0.1) is 0 Å². The molecule has 3 aromatic rings. The van der Waals surface area contributed by atoms with E-state index in [1.54, 1.807) is 0 Å². The van der Waals surface area contributed by atoms with E-state index in [1.165, 1.54) is 27.0 Å². The van der Waals surface area contributed by atoms with E-state index >= 15 is 0 Å². The van der Waals surface area contributed by atoms with Crippen LogP contribution in [0.15, 0.2) is 91.0 Å². The molecule has 1 heterocycles. The Morgan fingerprint density at radius 2 is 1.35 bits per heavy atom. The van der Waals surface area contributed by atoms with Gasteiger partial charge in [-0.2, -0.15) is 0 Å². The van der Waals surface area contributed by atoms with Gasteiger partial charge in [-0.3, -0.25) is 0 Å². The van der Waals surface area contributed by atoms with Crippen molar-refractivity contribution in [3.63, 3.8) is 0 Å². The fourth-order valence-corrected chi connectivity index (χ4v) is 13.8. The minimum absolute atomic E-state index is 0.0480. The van der Waals surface area contributed by atoms with E-state index in [0.29, 0.717) is 20.2 Å². The molecular weight excluding hydrogens is 479 g/mol. The van der Waals surface area contributed by atoms with Crippen LogP contribution in [0.5, 0.6) is 0 Å². The maximum absolute atomic E-state index is 7.17. The van der Waals surface area contributed by atoms with Crippen molar-refractivity contribution >= 4 is 49.9 Å². The normalized spacial score (nSPS) is 19.5. The minimum atomic E-state index is -2.42. The topological polar surface area (TPSA) is 9.23 Å². The first-order valence-corrected chi connectivity index (χ1v) is 15.9. The zero-order chi connectivity index (χ0) is 21.7. The molecule has 4 heteroatoms. The van der Waals surface area contributed by atoms with Crippen LogP contribution in [-0.4, -0.2) is 40.9 Å². The molecule has 0 N–H and O–H groups in total. The van der Waals surface area contributed by atoms with Crippen molar-refractivity contribution in [3.05, 3.63) is 91.0 Å². The molecule has 1 nitrogen and oxygen atoms in total. The van der Waals surface area contributed by atoms with E-state index in [2.05, 4.69) is 124 Å². The number of benzene rings is 3. The van der Waals surface area contributed by atoms with Crippen molar-refractivity contribution in [1.29, 1.82) is 0 Å². The van der Waals surface area contributed by atoms with Crippen LogP contribution in [0.1, 0.15) is 27.2 Å². The predicted molar refractivity (Wildman–Crippen MR) is 140 cm³/mol. The molecule has 0 radical (unpaired) electrons. The molecular formula is C27H32OSSeSi. The van der Waals surface area contributed by atoms with Crippen LogP contribution in [0.25, 0.3) is 0 Å². The number of hydrogen-bond donors (Lipinski definition) is 0. The molecule has 0 unspecified atom stereocenters. The van der Waals surface area contributed by atoms with Gasteiger partial charge in [-0.25, -0.2) is 0 Å². The molecule has 1 saturated heterocycles. The fourth-order valence-electron chi connectivity index (χ4n) is 4.54. The maximum atomic E-state index is 7.17. The van der Waals surface area contributed by atoms with Crippen LogP contribution in [0.4, 0.5) is 0 Å². The Balaban J connectivity index is 1.55. The number of rotatable bonds is 7. The Bertz CT molecular complexity index is 904. The first-order valence-electron chi connectivity index (χ1n) is 11.1. The molecule has 0 saturated carbocycles. The van der Waals surface area contributed by atoms with Crippen molar-refractivity contribution in [2.75, 3.05) is 12.4 Å². The third kappa shape index (κ3) is 5.21. The van der Waals surface area contributed by atoms with Crippen LogP contribution < -0.4 is 14.8 Å². The first kappa shape index (κ1) is 22.9. The Morgan fingerprint density at radius 3 is 1.87 bits per heavy atom. The van der Waals surface area contributed by atoms with Crippen molar-refractivity contribution in [2.24, 2.45) is 0 Å². The summed E-state index contributed by atoms with van der Waals surface area (Å²) in [7, 11) is -2.42. The molecule has 3 aromatic carbocycles. The van der Waals surface area contributed by atoms with Crippen molar-refractivity contribution in [3.8, 4) is 0 Å². The van der Waals surface area contributed by atoms with Crippen molar-refractivity contribution in [2.45, 2.75) is 42.3 Å². The van der Waals surface area contributed by atoms with E-state index in [-0.39, 0.29) is 5.04 Å². The molecule has 162 valence electrons. The molecule has 0 aliphatic carbocycles. The second-order valence-corrected chi connectivity index (χ2v) is 17.7. The zero-order valence-corrected chi connectivity index (χ0v) is 22.2. The second kappa shape index (κ2) is 10.1. The summed E-state index contributed by atoms with van der Waals surface area (Å²) in [5.74, 6) is 1.27. The summed E-state index contributed by atoms with van der Waals surface area (Å²) in [5, 5.41) is 3.40. The monoisotopic (exact) mass is 512 g/mol. The third-order valence-corrected chi connectivity index (χ3v) is 15.5. The molecule has 31 heavy (non-hydrogen) atoms. The van der Waals surface area contributed by atoms with E-state index < -0.39 is 8.32 Å². The van der Waals surface area contributed by atoms with Crippen molar-refractivity contribution < 1.29 is 4.43 Å². The predicted octanol–water partition coefficient (Wildman–Crippen LogP) is 4.89. The summed E-state index contributed by atoms with van der Waals surface area (Å²) < 4.78 is 8.70. The van der Waals surface area contributed by atoms with Crippen LogP contribution in [0.3, 0.4) is 0 Å². The molecule has 1 aliphatic rings. The van der Waals surface area contributed by atoms with Crippen LogP contribution in [-0.2, 0) is 4.43 Å². The van der Waals surface area contributed by atoms with Crippen LogP contribution in [0.2, 0.25) is 9.85 Å². The van der Waals surface area contributed by atoms with Gasteiger partial charge in [-0.15, -0.1) is 0 Å². The van der Waals surface area contributed by atoms with Gasteiger partial charge in [0.1, 0.15) is 0 Å². The Hall–Kier alpha value is -1.29. The Morgan fingerprint density at radius 1 is 0.839 bits per heavy atom. The van der Waals surface area contributed by atoms with Gasteiger partial charge in [0.05, 0.1) is 0 Å². The van der Waals surface area contributed by atoms with Gasteiger partial charge in [0.2, 0.25) is 0 Å². The summed E-state index contributed by atoms with van der Waals surface area (Å²) in [6.07, 6.45) is 1.28. The SMILES string of the molecule is CC(C)(C)[Si](OC[C@@H]1C[C@H]([Se]c2ccccc2)CS1)(c1ccccc1)c1ccccc1. The molecule has 0 amide bonds. The van der Waals surface area contributed by atoms with E-state index in [4.69, 9.17) is 4.43 Å². The summed E-state index contributed by atoms with van der Waals surface area (Å²) in [5.41, 5.74) is 0. The standard InChI is InChI=1S/C27H32OSSeSi/c1-27(2,3)31(25-15-9-5-10-16-25,26-17-11-6-12-18-26)28-20-22-19-24(21-29-22)30-23-13-7-4-8-14-23/h4-18,22,24H,19-21H2,1-3H3/t22-,24-/m0/s1. The van der Waals surface area contributed by atoms with Gasteiger partial charge >= 0.3 is 200 Å². The molecule has 4 rings (SSSR count). The Labute approximate surface area is 199 Å². The quantitative estimate of drug-likeness (QED) is 0.418. The van der Waals surface area contributed by atoms with Gasteiger partial charge in [-0.05, 0) is 0 Å². The number of thioether (sulfide) groups is 1. The zero-order valence-electron chi connectivity index (χ0n) is 18.7. The third-order valence-electron chi connectivity index (χ3n) is 5.99. The van der Waals surface area contributed by atoms with Gasteiger partial charge in [0, 0.05) is 0 Å². The first-order chi connectivity index (χ1) is 15.0. The fraction of sp³-hybridized carbons (Fsp3) is 0.333. The average molecular weight is 512 g/mol. The van der Waals surface area contributed by atoms with Gasteiger partial charge in [-0.1, -0.05) is 0 Å². The van der Waals surface area contributed by atoms with Crippen LogP contribution >= 0.6 is 11.8 Å². The number of hydrogen-bond acceptors (Lipinski definition) is 2. The van der Waals surface area contributed by atoms with E-state index in [9.17, 15) is 0 Å². The van der Waals surface area contributed by atoms with E-state index in [0.717, 1.165) is 11.4 Å².